The quantitative estimate of drug-likeness (QED) is 0.529. The van der Waals surface area contributed by atoms with Crippen molar-refractivity contribution < 1.29 is 34.7 Å². The maximum Gasteiger partial charge on any atom is 0.259 e. The van der Waals surface area contributed by atoms with Gasteiger partial charge in [0.25, 0.3) is 10.0 Å². The van der Waals surface area contributed by atoms with Crippen molar-refractivity contribution in [2.75, 3.05) is 37.2 Å². The Morgan fingerprint density at radius 2 is 1.66 bits per heavy atom. The molecule has 1 aromatic rings. The molecular weight excluding hydrogens is 444 g/mol. The standard InChI is InChI=1S/C16H24N2O8S3/c1-25-14-3-4-16(15(9-14)26-2)29(23,24)18(13-6-8-28(21,22)11-13)17-12-5-7-27(19,20)10-12/h3-4,9,12-13,17H,5-8,10-11H2,1-2H3/t12-,13+/m0/s1. The van der Waals surface area contributed by atoms with E-state index in [1.54, 1.807) is 0 Å². The Balaban J connectivity index is 2.00. The summed E-state index contributed by atoms with van der Waals surface area (Å²) in [7, 11) is -8.14. The molecule has 10 nitrogen and oxygen atoms in total. The number of nitrogens with one attached hydrogen (secondary N) is 1. The third-order valence-electron chi connectivity index (χ3n) is 4.99. The molecule has 2 aliphatic rings. The van der Waals surface area contributed by atoms with E-state index < -0.39 is 41.8 Å². The lowest BCUT2D eigenvalue weighted by atomic mass is 10.2. The zero-order chi connectivity index (χ0) is 21.4. The number of methoxy groups -OCH3 is 2. The smallest absolute Gasteiger partial charge is 0.259 e. The normalized spacial score (nSPS) is 25.9. The van der Waals surface area contributed by atoms with E-state index in [1.165, 1.54) is 32.4 Å². The Hall–Kier alpha value is -1.41. The number of nitrogens with zero attached hydrogens (tertiary/aromatic N) is 1. The van der Waals surface area contributed by atoms with Gasteiger partial charge in [0.05, 0.1) is 43.3 Å². The van der Waals surface area contributed by atoms with Gasteiger partial charge in [0.15, 0.2) is 19.7 Å². The van der Waals surface area contributed by atoms with Crippen LogP contribution in [0.25, 0.3) is 0 Å². The minimum Gasteiger partial charge on any atom is -0.497 e. The van der Waals surface area contributed by atoms with E-state index in [0.29, 0.717) is 5.75 Å². The first-order chi connectivity index (χ1) is 13.5. The molecule has 0 amide bonds. The van der Waals surface area contributed by atoms with Crippen molar-refractivity contribution >= 4 is 29.7 Å². The highest BCUT2D eigenvalue weighted by Crippen LogP contribution is 2.33. The van der Waals surface area contributed by atoms with Gasteiger partial charge in [-0.05, 0) is 25.0 Å². The fourth-order valence-electron chi connectivity index (χ4n) is 3.50. The highest BCUT2D eigenvalue weighted by molar-refractivity contribution is 7.92. The molecule has 0 saturated carbocycles. The lowest BCUT2D eigenvalue weighted by Crippen LogP contribution is -2.54. The molecule has 1 aromatic carbocycles. The zero-order valence-corrected chi connectivity index (χ0v) is 18.5. The van der Waals surface area contributed by atoms with E-state index in [0.717, 1.165) is 4.41 Å². The minimum absolute atomic E-state index is 0.0380. The van der Waals surface area contributed by atoms with Crippen molar-refractivity contribution in [2.24, 2.45) is 0 Å². The number of benzene rings is 1. The second-order valence-corrected chi connectivity index (χ2v) is 13.3. The number of hydrogen-bond donors (Lipinski definition) is 1. The predicted molar refractivity (Wildman–Crippen MR) is 106 cm³/mol. The van der Waals surface area contributed by atoms with Gasteiger partial charge in [0.2, 0.25) is 0 Å². The van der Waals surface area contributed by atoms with Crippen LogP contribution >= 0.6 is 0 Å². The maximum atomic E-state index is 13.5. The molecule has 2 atom stereocenters. The van der Waals surface area contributed by atoms with E-state index in [2.05, 4.69) is 5.43 Å². The summed E-state index contributed by atoms with van der Waals surface area (Å²) >= 11 is 0. The monoisotopic (exact) mass is 468 g/mol. The van der Waals surface area contributed by atoms with Crippen LogP contribution in [0.1, 0.15) is 12.8 Å². The van der Waals surface area contributed by atoms with Crippen molar-refractivity contribution in [3.8, 4) is 11.5 Å². The van der Waals surface area contributed by atoms with Gasteiger partial charge >= 0.3 is 0 Å². The van der Waals surface area contributed by atoms with Gasteiger partial charge in [0, 0.05) is 12.1 Å². The van der Waals surface area contributed by atoms with Crippen molar-refractivity contribution in [1.82, 2.24) is 9.84 Å². The van der Waals surface area contributed by atoms with Crippen LogP contribution in [0.2, 0.25) is 0 Å². The molecule has 0 bridgehead atoms. The summed E-state index contributed by atoms with van der Waals surface area (Å²) in [5.41, 5.74) is 2.78. The second kappa shape index (κ2) is 8.02. The summed E-state index contributed by atoms with van der Waals surface area (Å²) in [4.78, 5) is -0.168. The van der Waals surface area contributed by atoms with Crippen molar-refractivity contribution in [3.63, 3.8) is 0 Å². The number of hydrazine groups is 1. The Bertz CT molecular complexity index is 1080. The first-order valence-corrected chi connectivity index (χ1v) is 14.0. The Morgan fingerprint density at radius 3 is 2.17 bits per heavy atom. The summed E-state index contributed by atoms with van der Waals surface area (Å²) < 4.78 is 85.7. The molecule has 0 spiro atoms. The fraction of sp³-hybridized carbons (Fsp3) is 0.625. The predicted octanol–water partition coefficient (Wildman–Crippen LogP) is -0.427. The first-order valence-electron chi connectivity index (χ1n) is 8.91. The van der Waals surface area contributed by atoms with Crippen LogP contribution in [0, 0.1) is 0 Å². The van der Waals surface area contributed by atoms with Crippen LogP contribution in [0.4, 0.5) is 0 Å². The average molecular weight is 469 g/mol. The summed E-state index contributed by atoms with van der Waals surface area (Å²) in [5, 5.41) is 0. The molecule has 2 aliphatic heterocycles. The third-order valence-corrected chi connectivity index (χ3v) is 10.3. The average Bonchev–Trinajstić information content (AvgIpc) is 3.19. The Kier molecular flexibility index (Phi) is 6.16. The molecule has 2 saturated heterocycles. The summed E-state index contributed by atoms with van der Waals surface area (Å²) in [6.45, 7) is 0. The molecule has 1 N–H and O–H groups in total. The zero-order valence-electron chi connectivity index (χ0n) is 16.1. The summed E-state index contributed by atoms with van der Waals surface area (Å²) in [6.07, 6.45) is 0.361. The number of sulfone groups is 2. The largest absolute Gasteiger partial charge is 0.497 e. The van der Waals surface area contributed by atoms with E-state index in [4.69, 9.17) is 9.47 Å². The number of hydrogen-bond acceptors (Lipinski definition) is 9. The Labute approximate surface area is 171 Å². The molecule has 0 aromatic heterocycles. The van der Waals surface area contributed by atoms with Gasteiger partial charge in [-0.3, -0.25) is 0 Å². The molecule has 13 heteroatoms. The molecule has 0 radical (unpaired) electrons. The van der Waals surface area contributed by atoms with Crippen LogP contribution in [0.15, 0.2) is 23.1 Å². The molecule has 0 unspecified atom stereocenters. The number of sulfonamides is 1. The maximum absolute atomic E-state index is 13.5. The van der Waals surface area contributed by atoms with Crippen LogP contribution in [-0.4, -0.2) is 79.0 Å². The molecule has 164 valence electrons. The van der Waals surface area contributed by atoms with Crippen LogP contribution < -0.4 is 14.9 Å². The lowest BCUT2D eigenvalue weighted by Gasteiger charge is -2.30. The second-order valence-electron chi connectivity index (χ2n) is 7.10. The van der Waals surface area contributed by atoms with Crippen molar-refractivity contribution in [1.29, 1.82) is 0 Å². The number of rotatable bonds is 7. The van der Waals surface area contributed by atoms with Crippen LogP contribution in [-0.2, 0) is 29.7 Å². The van der Waals surface area contributed by atoms with Gasteiger partial charge in [-0.1, -0.05) is 0 Å². The van der Waals surface area contributed by atoms with Gasteiger partial charge in [0.1, 0.15) is 16.4 Å². The van der Waals surface area contributed by atoms with Gasteiger partial charge in [-0.2, -0.15) is 0 Å². The molecule has 3 rings (SSSR count). The number of ether oxygens (including phenoxy) is 2. The third kappa shape index (κ3) is 4.85. The highest BCUT2D eigenvalue weighted by Gasteiger charge is 2.42. The minimum atomic E-state index is -4.24. The van der Waals surface area contributed by atoms with Crippen molar-refractivity contribution in [3.05, 3.63) is 18.2 Å². The SMILES string of the molecule is COc1ccc(S(=O)(=O)N(N[C@H]2CCS(=O)(=O)C2)[C@@H]2CCS(=O)(=O)C2)c(OC)c1. The van der Waals surface area contributed by atoms with Crippen LogP contribution in [0.3, 0.4) is 0 Å². The van der Waals surface area contributed by atoms with E-state index in [-0.39, 0.29) is 46.5 Å². The molecule has 29 heavy (non-hydrogen) atoms. The summed E-state index contributed by atoms with van der Waals surface area (Å²) in [5.74, 6) is -0.293. The van der Waals surface area contributed by atoms with E-state index in [1.807, 2.05) is 0 Å². The van der Waals surface area contributed by atoms with Gasteiger partial charge in [-0.25, -0.2) is 30.7 Å². The fourth-order valence-corrected chi connectivity index (χ4v) is 8.67. The summed E-state index contributed by atoms with van der Waals surface area (Å²) in [6, 6.07) is 2.72. The first kappa shape index (κ1) is 22.3. The Morgan fingerprint density at radius 1 is 1.00 bits per heavy atom. The van der Waals surface area contributed by atoms with Gasteiger partial charge in [-0.15, -0.1) is 4.41 Å². The van der Waals surface area contributed by atoms with E-state index in [9.17, 15) is 25.3 Å². The topological polar surface area (TPSA) is 136 Å². The van der Waals surface area contributed by atoms with Gasteiger partial charge < -0.3 is 9.47 Å². The highest BCUT2D eigenvalue weighted by atomic mass is 32.2. The molecular formula is C16H24N2O8S3. The lowest BCUT2D eigenvalue weighted by molar-refractivity contribution is 0.228. The molecule has 2 heterocycles. The van der Waals surface area contributed by atoms with Crippen molar-refractivity contribution in [2.45, 2.75) is 29.8 Å². The molecule has 2 fully saturated rings. The van der Waals surface area contributed by atoms with Crippen LogP contribution in [0.5, 0.6) is 11.5 Å². The molecule has 0 aliphatic carbocycles. The van der Waals surface area contributed by atoms with E-state index >= 15 is 0 Å².